The number of nitrogens with zero attached hydrogens (tertiary/aromatic N) is 1. The van der Waals surface area contributed by atoms with Crippen molar-refractivity contribution in [2.45, 2.75) is 50.7 Å². The summed E-state index contributed by atoms with van der Waals surface area (Å²) in [5.74, 6) is 0.625. The SMILES string of the molecule is C=C1C[C@@H](CN2CC[C@]3(C)c4cc(O)ccc4C[C@H]2[C@@H]3C)OC1=O. The number of benzene rings is 1. The van der Waals surface area contributed by atoms with Gasteiger partial charge in [0.05, 0.1) is 0 Å². The van der Waals surface area contributed by atoms with Gasteiger partial charge in [-0.2, -0.15) is 0 Å². The maximum Gasteiger partial charge on any atom is 0.333 e. The second kappa shape index (κ2) is 5.35. The predicted octanol–water partition coefficient (Wildman–Crippen LogP) is 2.79. The molecule has 1 N–H and O–H groups in total. The molecule has 2 bridgehead atoms. The molecule has 0 spiro atoms. The molecule has 3 aliphatic rings. The molecule has 2 fully saturated rings. The van der Waals surface area contributed by atoms with Gasteiger partial charge in [-0.25, -0.2) is 4.79 Å². The van der Waals surface area contributed by atoms with Gasteiger partial charge in [-0.3, -0.25) is 4.90 Å². The normalized spacial score (nSPS) is 35.7. The van der Waals surface area contributed by atoms with Crippen LogP contribution in [0.4, 0.5) is 0 Å². The van der Waals surface area contributed by atoms with Gasteiger partial charge in [0, 0.05) is 24.6 Å². The minimum absolute atomic E-state index is 0.0530. The van der Waals surface area contributed by atoms with Gasteiger partial charge < -0.3 is 9.84 Å². The van der Waals surface area contributed by atoms with Gasteiger partial charge in [0.2, 0.25) is 0 Å². The van der Waals surface area contributed by atoms with Gasteiger partial charge in [-0.15, -0.1) is 0 Å². The number of aromatic hydroxyl groups is 1. The van der Waals surface area contributed by atoms with Crippen LogP contribution < -0.4 is 0 Å². The van der Waals surface area contributed by atoms with E-state index in [0.29, 0.717) is 29.7 Å². The molecule has 0 amide bonds. The quantitative estimate of drug-likeness (QED) is 0.670. The van der Waals surface area contributed by atoms with Gasteiger partial charge in [0.15, 0.2) is 0 Å². The highest BCUT2D eigenvalue weighted by Gasteiger charge is 2.49. The van der Waals surface area contributed by atoms with Crippen LogP contribution in [0.25, 0.3) is 0 Å². The lowest BCUT2D eigenvalue weighted by molar-refractivity contribution is -0.140. The molecule has 4 heteroatoms. The highest BCUT2D eigenvalue weighted by Crippen LogP contribution is 2.49. The van der Waals surface area contributed by atoms with Crippen LogP contribution in [-0.2, 0) is 21.4 Å². The van der Waals surface area contributed by atoms with E-state index in [2.05, 4.69) is 31.4 Å². The average Bonchev–Trinajstić information content (AvgIpc) is 2.85. The number of likely N-dealkylation sites (tertiary alicyclic amines) is 1. The number of hydrogen-bond donors (Lipinski definition) is 1. The third-order valence-corrected chi connectivity index (χ3v) is 6.58. The second-order valence-corrected chi connectivity index (χ2v) is 7.90. The van der Waals surface area contributed by atoms with E-state index in [-0.39, 0.29) is 17.5 Å². The monoisotopic (exact) mass is 327 g/mol. The molecule has 128 valence electrons. The average molecular weight is 327 g/mol. The zero-order valence-electron chi connectivity index (χ0n) is 14.4. The molecule has 4 rings (SSSR count). The molecule has 0 aromatic heterocycles. The number of cyclic esters (lactones) is 1. The number of phenolic OH excluding ortho intramolecular Hbond substituents is 1. The lowest BCUT2D eigenvalue weighted by Gasteiger charge is -2.55. The Morgan fingerprint density at radius 1 is 1.42 bits per heavy atom. The van der Waals surface area contributed by atoms with E-state index in [4.69, 9.17) is 4.74 Å². The zero-order valence-corrected chi connectivity index (χ0v) is 14.4. The van der Waals surface area contributed by atoms with Crippen molar-refractivity contribution in [3.8, 4) is 5.75 Å². The molecular formula is C20H25NO3. The fourth-order valence-corrected chi connectivity index (χ4v) is 4.92. The van der Waals surface area contributed by atoms with Gasteiger partial charge in [-0.1, -0.05) is 26.5 Å². The second-order valence-electron chi connectivity index (χ2n) is 7.90. The number of rotatable bonds is 2. The Kier molecular flexibility index (Phi) is 3.50. The minimum atomic E-state index is -0.237. The van der Waals surface area contributed by atoms with E-state index in [0.717, 1.165) is 25.9 Å². The lowest BCUT2D eigenvalue weighted by atomic mass is 9.59. The molecule has 1 aromatic carbocycles. The van der Waals surface area contributed by atoms with Crippen molar-refractivity contribution >= 4 is 5.97 Å². The lowest BCUT2D eigenvalue weighted by Crippen LogP contribution is -2.59. The molecule has 1 aliphatic carbocycles. The van der Waals surface area contributed by atoms with E-state index < -0.39 is 0 Å². The first-order valence-corrected chi connectivity index (χ1v) is 8.83. The molecular weight excluding hydrogens is 302 g/mol. The van der Waals surface area contributed by atoms with Gasteiger partial charge in [-0.05, 0) is 54.0 Å². The topological polar surface area (TPSA) is 49.8 Å². The van der Waals surface area contributed by atoms with E-state index in [1.807, 2.05) is 6.07 Å². The molecule has 0 unspecified atom stereocenters. The van der Waals surface area contributed by atoms with Crippen molar-refractivity contribution in [2.24, 2.45) is 5.92 Å². The summed E-state index contributed by atoms with van der Waals surface area (Å²) in [6.07, 6.45) is 2.65. The van der Waals surface area contributed by atoms with Gasteiger partial charge >= 0.3 is 5.97 Å². The number of ether oxygens (including phenoxy) is 1. The number of fused-ring (bicyclic) bond motifs is 4. The first kappa shape index (κ1) is 15.7. The van der Waals surface area contributed by atoms with E-state index >= 15 is 0 Å². The molecule has 2 heterocycles. The molecule has 1 aromatic rings. The molecule has 4 nitrogen and oxygen atoms in total. The Bertz CT molecular complexity index is 697. The third kappa shape index (κ3) is 2.27. The van der Waals surface area contributed by atoms with Crippen LogP contribution in [0.1, 0.15) is 37.8 Å². The Morgan fingerprint density at radius 3 is 2.92 bits per heavy atom. The highest BCUT2D eigenvalue weighted by molar-refractivity contribution is 5.89. The molecule has 0 saturated carbocycles. The van der Waals surface area contributed by atoms with Crippen LogP contribution in [0.5, 0.6) is 5.75 Å². The maximum absolute atomic E-state index is 11.6. The number of esters is 1. The van der Waals surface area contributed by atoms with Crippen molar-refractivity contribution < 1.29 is 14.6 Å². The fourth-order valence-electron chi connectivity index (χ4n) is 4.92. The summed E-state index contributed by atoms with van der Waals surface area (Å²) in [7, 11) is 0. The molecule has 24 heavy (non-hydrogen) atoms. The smallest absolute Gasteiger partial charge is 0.333 e. The molecule has 2 aliphatic heterocycles. The summed E-state index contributed by atoms with van der Waals surface area (Å²) in [6.45, 7) is 10.2. The van der Waals surface area contributed by atoms with Crippen LogP contribution in [-0.4, -0.2) is 41.2 Å². The predicted molar refractivity (Wildman–Crippen MR) is 91.9 cm³/mol. The summed E-state index contributed by atoms with van der Waals surface area (Å²) in [5.41, 5.74) is 3.35. The van der Waals surface area contributed by atoms with Crippen molar-refractivity contribution in [3.63, 3.8) is 0 Å². The van der Waals surface area contributed by atoms with E-state index in [1.54, 1.807) is 6.07 Å². The number of carbonyl (C=O) groups is 1. The summed E-state index contributed by atoms with van der Waals surface area (Å²) in [5, 5.41) is 9.91. The fraction of sp³-hybridized carbons (Fsp3) is 0.550. The maximum atomic E-state index is 11.6. The largest absolute Gasteiger partial charge is 0.508 e. The van der Waals surface area contributed by atoms with Crippen molar-refractivity contribution in [2.75, 3.05) is 13.1 Å². The molecule has 4 atom stereocenters. The van der Waals surface area contributed by atoms with Crippen LogP contribution in [0.2, 0.25) is 0 Å². The summed E-state index contributed by atoms with van der Waals surface area (Å²) in [6, 6.07) is 6.28. The summed E-state index contributed by atoms with van der Waals surface area (Å²) in [4.78, 5) is 14.1. The Balaban J connectivity index is 1.60. The zero-order chi connectivity index (χ0) is 17.1. The highest BCUT2D eigenvalue weighted by atomic mass is 16.5. The van der Waals surface area contributed by atoms with Crippen molar-refractivity contribution in [1.82, 2.24) is 4.90 Å². The number of piperidine rings is 1. The van der Waals surface area contributed by atoms with Gasteiger partial charge in [0.1, 0.15) is 11.9 Å². The van der Waals surface area contributed by atoms with Crippen molar-refractivity contribution in [1.29, 1.82) is 0 Å². The Morgan fingerprint density at radius 2 is 2.21 bits per heavy atom. The van der Waals surface area contributed by atoms with Crippen LogP contribution in [0.3, 0.4) is 0 Å². The first-order chi connectivity index (χ1) is 11.4. The molecule has 2 saturated heterocycles. The van der Waals surface area contributed by atoms with Crippen LogP contribution in [0, 0.1) is 5.92 Å². The third-order valence-electron chi connectivity index (χ3n) is 6.58. The summed E-state index contributed by atoms with van der Waals surface area (Å²) < 4.78 is 5.45. The number of phenols is 1. The Hall–Kier alpha value is -1.81. The first-order valence-electron chi connectivity index (χ1n) is 8.83. The van der Waals surface area contributed by atoms with Crippen LogP contribution >= 0.6 is 0 Å². The van der Waals surface area contributed by atoms with Crippen molar-refractivity contribution in [3.05, 3.63) is 41.5 Å². The minimum Gasteiger partial charge on any atom is -0.508 e. The molecule has 0 radical (unpaired) electrons. The van der Waals surface area contributed by atoms with E-state index in [1.165, 1.54) is 11.1 Å². The van der Waals surface area contributed by atoms with E-state index in [9.17, 15) is 9.90 Å². The Labute approximate surface area is 143 Å². The number of hydrogen-bond acceptors (Lipinski definition) is 4. The number of carbonyl (C=O) groups excluding carboxylic acids is 1. The van der Waals surface area contributed by atoms with Gasteiger partial charge in [0.25, 0.3) is 0 Å². The standard InChI is InChI=1S/C20H25NO3/c1-12-8-16(24-19(12)23)11-21-7-6-20(3)13(2)18(21)9-14-4-5-15(22)10-17(14)20/h4-5,10,13,16,18,22H,1,6-9,11H2,2-3H3/t13-,16-,18-,20-/m0/s1. The van der Waals surface area contributed by atoms with Crippen LogP contribution in [0.15, 0.2) is 30.4 Å². The summed E-state index contributed by atoms with van der Waals surface area (Å²) >= 11 is 0.